The molecule has 0 saturated heterocycles. The maximum absolute atomic E-state index is 11.5. The number of rotatable bonds is 15. The molecule has 0 atom stereocenters. The Morgan fingerprint density at radius 1 is 0.811 bits per heavy atom. The van der Waals surface area contributed by atoms with Crippen LogP contribution in [-0.4, -0.2) is 75.7 Å². The number of phenols is 1. The highest BCUT2D eigenvalue weighted by molar-refractivity contribution is 5.91. The number of amides is 1. The Morgan fingerprint density at radius 2 is 1.41 bits per heavy atom. The fourth-order valence-electron chi connectivity index (χ4n) is 2.59. The van der Waals surface area contributed by atoms with Crippen molar-refractivity contribution in [2.24, 2.45) is 17.2 Å². The number of carbonyl (C=O) groups is 2. The van der Waals surface area contributed by atoms with E-state index in [1.807, 2.05) is 30.3 Å². The summed E-state index contributed by atoms with van der Waals surface area (Å²) in [5.74, 6) is -0.417. The van der Waals surface area contributed by atoms with Crippen LogP contribution in [0.1, 0.15) is 11.1 Å². The standard InChI is InChI=1S/C15H22N2O4.C12H16N2O2/c16-7-9-20-11-12-21-10-8-17-15(19)6-3-13-1-4-14(18)5-2-13;13-8-11(9-14)16-12(15)7-6-10-4-2-1-3-5-10/h1-6,18H,7-12,16H2,(H,17,19);1-7,11H,8-9,13-14H2/b6-3+;. The van der Waals surface area contributed by atoms with E-state index in [0.29, 0.717) is 39.5 Å². The molecule has 0 aliphatic carbocycles. The van der Waals surface area contributed by atoms with Crippen LogP contribution in [0.25, 0.3) is 12.2 Å². The lowest BCUT2D eigenvalue weighted by Gasteiger charge is -2.11. The molecule has 0 saturated carbocycles. The van der Waals surface area contributed by atoms with Crippen molar-refractivity contribution >= 4 is 24.0 Å². The van der Waals surface area contributed by atoms with E-state index in [-0.39, 0.29) is 24.7 Å². The first-order chi connectivity index (χ1) is 18.0. The van der Waals surface area contributed by atoms with Gasteiger partial charge in [0.1, 0.15) is 11.9 Å². The van der Waals surface area contributed by atoms with Gasteiger partial charge in [-0.15, -0.1) is 0 Å². The second kappa shape index (κ2) is 20.6. The molecule has 2 rings (SSSR count). The van der Waals surface area contributed by atoms with Crippen molar-refractivity contribution in [3.05, 3.63) is 77.9 Å². The minimum absolute atomic E-state index is 0.189. The van der Waals surface area contributed by atoms with Gasteiger partial charge in [-0.1, -0.05) is 42.5 Å². The topological polar surface area (TPSA) is 172 Å². The largest absolute Gasteiger partial charge is 0.508 e. The third kappa shape index (κ3) is 16.7. The first-order valence-electron chi connectivity index (χ1n) is 11.9. The van der Waals surface area contributed by atoms with Crippen molar-refractivity contribution < 1.29 is 28.9 Å². The molecule has 0 radical (unpaired) electrons. The van der Waals surface area contributed by atoms with Crippen LogP contribution in [0.3, 0.4) is 0 Å². The predicted octanol–water partition coefficient (Wildman–Crippen LogP) is 1.04. The van der Waals surface area contributed by atoms with Crippen LogP contribution in [0.15, 0.2) is 66.7 Å². The number of phenolic OH excluding ortho intramolecular Hbond substituents is 1. The number of esters is 1. The predicted molar refractivity (Wildman–Crippen MR) is 144 cm³/mol. The number of benzene rings is 2. The zero-order chi connectivity index (χ0) is 27.1. The molecule has 0 aliphatic rings. The molecule has 0 heterocycles. The number of nitrogens with two attached hydrogens (primary N) is 3. The minimum Gasteiger partial charge on any atom is -0.508 e. The molecule has 10 heteroatoms. The van der Waals surface area contributed by atoms with Crippen LogP contribution < -0.4 is 22.5 Å². The van der Waals surface area contributed by atoms with Gasteiger partial charge in [-0.05, 0) is 35.4 Å². The molecule has 2 aromatic carbocycles. The Morgan fingerprint density at radius 3 is 2.03 bits per heavy atom. The third-order valence-corrected chi connectivity index (χ3v) is 4.52. The molecule has 0 bridgehead atoms. The summed E-state index contributed by atoms with van der Waals surface area (Å²) in [7, 11) is 0. The van der Waals surface area contributed by atoms with Gasteiger partial charge in [-0.25, -0.2) is 4.79 Å². The number of hydrogen-bond donors (Lipinski definition) is 5. The molecule has 0 aromatic heterocycles. The Kier molecular flexibility index (Phi) is 17.6. The summed E-state index contributed by atoms with van der Waals surface area (Å²) in [6, 6.07) is 16.1. The lowest BCUT2D eigenvalue weighted by molar-refractivity contribution is -0.142. The number of hydrogen-bond acceptors (Lipinski definition) is 9. The summed E-state index contributed by atoms with van der Waals surface area (Å²) in [6.07, 6.45) is 5.76. The molecular weight excluding hydrogens is 476 g/mol. The van der Waals surface area contributed by atoms with E-state index in [2.05, 4.69) is 5.32 Å². The highest BCUT2D eigenvalue weighted by Gasteiger charge is 2.07. The Labute approximate surface area is 218 Å². The van der Waals surface area contributed by atoms with Crippen molar-refractivity contribution in [1.29, 1.82) is 0 Å². The van der Waals surface area contributed by atoms with Gasteiger partial charge >= 0.3 is 5.97 Å². The van der Waals surface area contributed by atoms with E-state index in [4.69, 9.17) is 36.5 Å². The average Bonchev–Trinajstić information content (AvgIpc) is 2.92. The normalized spacial score (nSPS) is 10.9. The molecule has 1 amide bonds. The van der Waals surface area contributed by atoms with Crippen molar-refractivity contribution in [3.63, 3.8) is 0 Å². The fraction of sp³-hybridized carbons (Fsp3) is 0.333. The average molecular weight is 515 g/mol. The zero-order valence-electron chi connectivity index (χ0n) is 21.0. The van der Waals surface area contributed by atoms with Crippen LogP contribution in [-0.2, 0) is 23.8 Å². The molecular formula is C27H38N4O6. The van der Waals surface area contributed by atoms with Crippen LogP contribution >= 0.6 is 0 Å². The van der Waals surface area contributed by atoms with E-state index in [1.54, 1.807) is 36.4 Å². The minimum atomic E-state index is -0.426. The van der Waals surface area contributed by atoms with E-state index in [1.165, 1.54) is 12.2 Å². The summed E-state index contributed by atoms with van der Waals surface area (Å²) in [5.41, 5.74) is 17.8. The molecule has 0 unspecified atom stereocenters. The van der Waals surface area contributed by atoms with Gasteiger partial charge in [-0.2, -0.15) is 0 Å². The lowest BCUT2D eigenvalue weighted by Crippen LogP contribution is -2.33. The molecule has 37 heavy (non-hydrogen) atoms. The van der Waals surface area contributed by atoms with Crippen molar-refractivity contribution in [2.45, 2.75) is 6.10 Å². The number of carbonyl (C=O) groups excluding carboxylic acids is 2. The zero-order valence-corrected chi connectivity index (χ0v) is 21.0. The monoisotopic (exact) mass is 514 g/mol. The summed E-state index contributed by atoms with van der Waals surface area (Å²) in [5, 5.41) is 11.8. The second-order valence-electron chi connectivity index (χ2n) is 7.50. The van der Waals surface area contributed by atoms with Crippen LogP contribution in [0, 0.1) is 0 Å². The van der Waals surface area contributed by atoms with Gasteiger partial charge in [0.25, 0.3) is 0 Å². The summed E-state index contributed by atoms with van der Waals surface area (Å²) in [6.45, 7) is 3.37. The summed E-state index contributed by atoms with van der Waals surface area (Å²) < 4.78 is 15.4. The van der Waals surface area contributed by atoms with Crippen LogP contribution in [0.2, 0.25) is 0 Å². The quantitative estimate of drug-likeness (QED) is 0.132. The fourth-order valence-corrected chi connectivity index (χ4v) is 2.59. The highest BCUT2D eigenvalue weighted by atomic mass is 16.5. The second-order valence-corrected chi connectivity index (χ2v) is 7.50. The van der Waals surface area contributed by atoms with Gasteiger partial charge in [0.15, 0.2) is 0 Å². The van der Waals surface area contributed by atoms with E-state index < -0.39 is 12.1 Å². The van der Waals surface area contributed by atoms with E-state index in [0.717, 1.165) is 11.1 Å². The lowest BCUT2D eigenvalue weighted by atomic mass is 10.2. The van der Waals surface area contributed by atoms with Gasteiger partial charge in [-0.3, -0.25) is 4.79 Å². The Bertz CT molecular complexity index is 932. The van der Waals surface area contributed by atoms with E-state index >= 15 is 0 Å². The molecule has 0 fully saturated rings. The maximum atomic E-state index is 11.5. The molecule has 10 nitrogen and oxygen atoms in total. The number of aromatic hydroxyl groups is 1. The Balaban J connectivity index is 0.000000384. The highest BCUT2D eigenvalue weighted by Crippen LogP contribution is 2.10. The smallest absolute Gasteiger partial charge is 0.331 e. The third-order valence-electron chi connectivity index (χ3n) is 4.52. The molecule has 2 aromatic rings. The molecule has 8 N–H and O–H groups in total. The SMILES string of the molecule is NCC(CN)OC(=O)C=Cc1ccccc1.NCCOCCOCCNC(=O)/C=C/c1ccc(O)cc1. The van der Waals surface area contributed by atoms with Gasteiger partial charge < -0.3 is 41.8 Å². The van der Waals surface area contributed by atoms with Gasteiger partial charge in [0, 0.05) is 38.3 Å². The van der Waals surface area contributed by atoms with Crippen molar-refractivity contribution in [1.82, 2.24) is 5.32 Å². The molecule has 0 spiro atoms. The van der Waals surface area contributed by atoms with E-state index in [9.17, 15) is 9.59 Å². The van der Waals surface area contributed by atoms with Crippen molar-refractivity contribution in [2.75, 3.05) is 52.6 Å². The first kappa shape index (κ1) is 31.5. The summed E-state index contributed by atoms with van der Waals surface area (Å²) in [4.78, 5) is 22.8. The Hall–Kier alpha value is -3.54. The summed E-state index contributed by atoms with van der Waals surface area (Å²) >= 11 is 0. The van der Waals surface area contributed by atoms with Crippen molar-refractivity contribution in [3.8, 4) is 5.75 Å². The molecule has 0 aliphatic heterocycles. The first-order valence-corrected chi connectivity index (χ1v) is 11.9. The number of ether oxygens (including phenoxy) is 3. The van der Waals surface area contributed by atoms with Gasteiger partial charge in [0.2, 0.25) is 5.91 Å². The molecule has 202 valence electrons. The van der Waals surface area contributed by atoms with Crippen LogP contribution in [0.4, 0.5) is 0 Å². The van der Waals surface area contributed by atoms with Gasteiger partial charge in [0.05, 0.1) is 26.4 Å². The number of nitrogens with one attached hydrogen (secondary N) is 1. The van der Waals surface area contributed by atoms with Crippen LogP contribution in [0.5, 0.6) is 5.75 Å². The maximum Gasteiger partial charge on any atom is 0.331 e.